The molecule has 0 saturated carbocycles. The Hall–Kier alpha value is -2.04. The number of rotatable bonds is 8. The highest BCUT2D eigenvalue weighted by atomic mass is 16.8. The molecule has 1 aromatic rings. The smallest absolute Gasteiger partial charge is 0.431 e. The fourth-order valence-corrected chi connectivity index (χ4v) is 2.38. The molecule has 0 radical (unpaired) electrons. The molecule has 1 rings (SSSR count). The highest BCUT2D eigenvalue weighted by Gasteiger charge is 2.27. The lowest BCUT2D eigenvalue weighted by atomic mass is 9.97. The monoisotopic (exact) mass is 364 g/mol. The van der Waals surface area contributed by atoms with E-state index >= 15 is 0 Å². The van der Waals surface area contributed by atoms with Gasteiger partial charge in [-0.25, -0.2) is 4.79 Å². The summed E-state index contributed by atoms with van der Waals surface area (Å²) in [5.74, 6) is -0.483. The molecule has 5 nitrogen and oxygen atoms in total. The van der Waals surface area contributed by atoms with E-state index < -0.39 is 24.3 Å². The number of ether oxygens (including phenoxy) is 3. The number of esters is 1. The molecule has 0 aliphatic carbocycles. The number of hydrogen-bond acceptors (Lipinski definition) is 5. The first kappa shape index (κ1) is 22.0. The maximum atomic E-state index is 12.5. The van der Waals surface area contributed by atoms with Gasteiger partial charge in [-0.2, -0.15) is 0 Å². The van der Waals surface area contributed by atoms with Gasteiger partial charge in [0.1, 0.15) is 0 Å². The second-order valence-electron chi connectivity index (χ2n) is 7.64. The predicted molar refractivity (Wildman–Crippen MR) is 101 cm³/mol. The molecule has 146 valence electrons. The fraction of sp³-hybridized carbons (Fsp3) is 0.619. The van der Waals surface area contributed by atoms with Crippen LogP contribution >= 0.6 is 0 Å². The summed E-state index contributed by atoms with van der Waals surface area (Å²) < 4.78 is 15.5. The molecule has 0 N–H and O–H groups in total. The lowest BCUT2D eigenvalue weighted by Crippen LogP contribution is -2.32. The van der Waals surface area contributed by atoms with Crippen molar-refractivity contribution in [1.82, 2.24) is 0 Å². The molecule has 0 aliphatic rings. The Morgan fingerprint density at radius 3 is 1.88 bits per heavy atom. The molecule has 1 aromatic carbocycles. The van der Waals surface area contributed by atoms with Gasteiger partial charge in [0.2, 0.25) is 0 Å². The van der Waals surface area contributed by atoms with Crippen LogP contribution in [-0.4, -0.2) is 24.5 Å². The lowest BCUT2D eigenvalue weighted by molar-refractivity contribution is -0.181. The fourth-order valence-electron chi connectivity index (χ4n) is 2.38. The summed E-state index contributed by atoms with van der Waals surface area (Å²) in [6.45, 7) is 13.2. The van der Waals surface area contributed by atoms with Gasteiger partial charge in [0, 0.05) is 5.92 Å². The Morgan fingerprint density at radius 1 is 0.846 bits per heavy atom. The molecule has 0 heterocycles. The van der Waals surface area contributed by atoms with Crippen molar-refractivity contribution in [3.05, 3.63) is 35.4 Å². The average molecular weight is 364 g/mol. The Bertz CT molecular complexity index is 575. The van der Waals surface area contributed by atoms with Crippen molar-refractivity contribution in [3.8, 4) is 0 Å². The second-order valence-corrected chi connectivity index (χ2v) is 7.64. The van der Waals surface area contributed by atoms with E-state index in [0.29, 0.717) is 5.92 Å². The maximum Gasteiger partial charge on any atom is 0.511 e. The molecule has 0 amide bonds. The SMILES string of the molecule is CC(C)Cc1ccc(C(C)C(=O)OC(OC(=O)OC(C)C)C(C)C)cc1. The van der Waals surface area contributed by atoms with Crippen LogP contribution in [0.1, 0.15) is 65.5 Å². The second kappa shape index (κ2) is 10.2. The van der Waals surface area contributed by atoms with Gasteiger partial charge in [-0.1, -0.05) is 52.0 Å². The number of benzene rings is 1. The Kier molecular flexibility index (Phi) is 8.62. The van der Waals surface area contributed by atoms with Crippen molar-refractivity contribution in [3.63, 3.8) is 0 Å². The molecule has 0 spiro atoms. The van der Waals surface area contributed by atoms with Gasteiger partial charge in [0.15, 0.2) is 0 Å². The zero-order valence-electron chi connectivity index (χ0n) is 16.9. The molecule has 0 aromatic heterocycles. The summed E-state index contributed by atoms with van der Waals surface area (Å²) in [7, 11) is 0. The maximum absolute atomic E-state index is 12.5. The van der Waals surface area contributed by atoms with Crippen molar-refractivity contribution in [1.29, 1.82) is 0 Å². The van der Waals surface area contributed by atoms with E-state index in [4.69, 9.17) is 14.2 Å². The molecule has 5 heteroatoms. The summed E-state index contributed by atoms with van der Waals surface area (Å²) in [6.07, 6.45) is -1.11. The largest absolute Gasteiger partial charge is 0.511 e. The van der Waals surface area contributed by atoms with E-state index in [2.05, 4.69) is 13.8 Å². The molecule has 0 bridgehead atoms. The van der Waals surface area contributed by atoms with Gasteiger partial charge in [-0.15, -0.1) is 0 Å². The Morgan fingerprint density at radius 2 is 1.42 bits per heavy atom. The summed E-state index contributed by atoms with van der Waals surface area (Å²) in [6, 6.07) is 7.97. The Balaban J connectivity index is 2.71. The van der Waals surface area contributed by atoms with E-state index in [1.165, 1.54) is 5.56 Å². The normalized spacial score (nSPS) is 13.6. The predicted octanol–water partition coefficient (Wildman–Crippen LogP) is 5.08. The summed E-state index contributed by atoms with van der Waals surface area (Å²) in [5, 5.41) is 0. The first-order chi connectivity index (χ1) is 12.1. The zero-order valence-corrected chi connectivity index (χ0v) is 16.9. The van der Waals surface area contributed by atoms with Crippen molar-refractivity contribution in [2.24, 2.45) is 11.8 Å². The van der Waals surface area contributed by atoms with Crippen LogP contribution in [0.3, 0.4) is 0 Å². The van der Waals surface area contributed by atoms with Gasteiger partial charge >= 0.3 is 12.1 Å². The third-order valence-corrected chi connectivity index (χ3v) is 3.80. The van der Waals surface area contributed by atoms with Crippen LogP contribution in [0.4, 0.5) is 4.79 Å². The molecule has 0 fully saturated rings. The quantitative estimate of drug-likeness (QED) is 0.476. The van der Waals surface area contributed by atoms with E-state index in [9.17, 15) is 9.59 Å². The van der Waals surface area contributed by atoms with Crippen LogP contribution in [0.25, 0.3) is 0 Å². The van der Waals surface area contributed by atoms with Crippen molar-refractivity contribution >= 4 is 12.1 Å². The molecule has 0 aliphatic heterocycles. The van der Waals surface area contributed by atoms with Crippen molar-refractivity contribution < 1.29 is 23.8 Å². The minimum Gasteiger partial charge on any atom is -0.431 e. The summed E-state index contributed by atoms with van der Waals surface area (Å²) in [4.78, 5) is 24.1. The van der Waals surface area contributed by atoms with Crippen LogP contribution in [0, 0.1) is 11.8 Å². The first-order valence-corrected chi connectivity index (χ1v) is 9.26. The topological polar surface area (TPSA) is 61.8 Å². The number of carbonyl (C=O) groups excluding carboxylic acids is 2. The van der Waals surface area contributed by atoms with Gasteiger partial charge in [0.05, 0.1) is 12.0 Å². The lowest BCUT2D eigenvalue weighted by Gasteiger charge is -2.23. The van der Waals surface area contributed by atoms with Crippen LogP contribution in [-0.2, 0) is 25.4 Å². The zero-order chi connectivity index (χ0) is 19.9. The van der Waals surface area contributed by atoms with Gasteiger partial charge in [-0.05, 0) is 44.2 Å². The third-order valence-electron chi connectivity index (χ3n) is 3.80. The third kappa shape index (κ3) is 7.46. The minimum atomic E-state index is -0.976. The standard InChI is InChI=1S/C21H32O5/c1-13(2)12-17-8-10-18(11-9-17)16(7)19(22)25-20(14(3)4)26-21(23)24-15(5)6/h8-11,13-16,20H,12H2,1-7H3. The minimum absolute atomic E-state index is 0.181. The van der Waals surface area contributed by atoms with Crippen LogP contribution in [0.15, 0.2) is 24.3 Å². The van der Waals surface area contributed by atoms with E-state index in [1.807, 2.05) is 38.1 Å². The van der Waals surface area contributed by atoms with Crippen LogP contribution in [0.2, 0.25) is 0 Å². The molecular formula is C21H32O5. The highest BCUT2D eigenvalue weighted by molar-refractivity contribution is 5.78. The van der Waals surface area contributed by atoms with Crippen molar-refractivity contribution in [2.75, 3.05) is 0 Å². The van der Waals surface area contributed by atoms with Crippen molar-refractivity contribution in [2.45, 2.75) is 73.2 Å². The average Bonchev–Trinajstić information content (AvgIpc) is 2.52. The molecule has 2 atom stereocenters. The highest BCUT2D eigenvalue weighted by Crippen LogP contribution is 2.21. The van der Waals surface area contributed by atoms with E-state index in [-0.39, 0.29) is 12.0 Å². The Labute approximate surface area is 157 Å². The van der Waals surface area contributed by atoms with E-state index in [0.717, 1.165) is 12.0 Å². The summed E-state index contributed by atoms with van der Waals surface area (Å²) in [5.41, 5.74) is 2.11. The van der Waals surface area contributed by atoms with Gasteiger partial charge < -0.3 is 14.2 Å². The molecule has 2 unspecified atom stereocenters. The van der Waals surface area contributed by atoms with Gasteiger partial charge in [-0.3, -0.25) is 4.79 Å². The first-order valence-electron chi connectivity index (χ1n) is 9.26. The van der Waals surface area contributed by atoms with E-state index in [1.54, 1.807) is 20.8 Å². The van der Waals surface area contributed by atoms with Crippen LogP contribution in [0.5, 0.6) is 0 Å². The summed E-state index contributed by atoms with van der Waals surface area (Å²) >= 11 is 0. The molecule has 26 heavy (non-hydrogen) atoms. The molecule has 0 saturated heterocycles. The molecular weight excluding hydrogens is 332 g/mol. The van der Waals surface area contributed by atoms with Crippen LogP contribution < -0.4 is 0 Å². The number of carbonyl (C=O) groups is 2. The number of hydrogen-bond donors (Lipinski definition) is 0. The van der Waals surface area contributed by atoms with Gasteiger partial charge in [0.25, 0.3) is 6.29 Å².